The van der Waals surface area contributed by atoms with Gasteiger partial charge in [-0.1, -0.05) is 24.3 Å². The van der Waals surface area contributed by atoms with E-state index in [4.69, 9.17) is 0 Å². The van der Waals surface area contributed by atoms with E-state index in [0.717, 1.165) is 13.0 Å². The number of nitrogens with zero attached hydrogens (tertiary/aromatic N) is 1. The number of benzene rings is 2. The second-order valence-electron chi connectivity index (χ2n) is 4.98. The molecule has 0 saturated heterocycles. The van der Waals surface area contributed by atoms with Gasteiger partial charge in [-0.2, -0.15) is 0 Å². The summed E-state index contributed by atoms with van der Waals surface area (Å²) in [4.78, 5) is 7.56. The molecule has 1 aliphatic rings. The molecule has 0 radical (unpaired) electrons. The Morgan fingerprint density at radius 2 is 1.84 bits per heavy atom. The third-order valence-corrected chi connectivity index (χ3v) is 3.77. The van der Waals surface area contributed by atoms with Gasteiger partial charge < -0.3 is 4.98 Å². The van der Waals surface area contributed by atoms with Crippen LogP contribution in [0.3, 0.4) is 0 Å². The number of aromatic amines is 1. The highest BCUT2D eigenvalue weighted by Gasteiger charge is 2.07. The van der Waals surface area contributed by atoms with Crippen LogP contribution in [0.4, 0.5) is 0 Å². The van der Waals surface area contributed by atoms with Gasteiger partial charge in [0.25, 0.3) is 0 Å². The van der Waals surface area contributed by atoms with Gasteiger partial charge in [0.2, 0.25) is 0 Å². The van der Waals surface area contributed by atoms with Crippen molar-refractivity contribution in [2.75, 3.05) is 6.54 Å². The van der Waals surface area contributed by atoms with Crippen LogP contribution < -0.4 is 0 Å². The third kappa shape index (κ3) is 1.76. The van der Waals surface area contributed by atoms with E-state index in [1.165, 1.54) is 33.2 Å². The molecule has 0 atom stereocenters. The molecular weight excluding hydrogens is 232 g/mol. The lowest BCUT2D eigenvalue weighted by atomic mass is 9.96. The van der Waals surface area contributed by atoms with Crippen molar-refractivity contribution in [1.82, 2.24) is 4.98 Å². The fourth-order valence-corrected chi connectivity index (χ4v) is 2.71. The van der Waals surface area contributed by atoms with Crippen LogP contribution in [0.2, 0.25) is 0 Å². The summed E-state index contributed by atoms with van der Waals surface area (Å²) < 4.78 is 0. The molecule has 1 N–H and O–H groups in total. The van der Waals surface area contributed by atoms with Crippen LogP contribution in [-0.2, 0) is 6.42 Å². The van der Waals surface area contributed by atoms with Gasteiger partial charge in [0, 0.05) is 24.5 Å². The first kappa shape index (κ1) is 10.6. The van der Waals surface area contributed by atoms with E-state index in [0.29, 0.717) is 0 Å². The highest BCUT2D eigenvalue weighted by atomic mass is 14.7. The Hall–Kier alpha value is -2.35. The maximum atomic E-state index is 4.33. The molecule has 1 aliphatic heterocycles. The van der Waals surface area contributed by atoms with E-state index in [1.807, 2.05) is 12.4 Å². The number of aliphatic imine (C=N–C) groups is 1. The van der Waals surface area contributed by atoms with Crippen LogP contribution in [0.25, 0.3) is 22.0 Å². The number of hydrogen-bond acceptors (Lipinski definition) is 1. The van der Waals surface area contributed by atoms with E-state index in [9.17, 15) is 0 Å². The maximum absolute atomic E-state index is 4.33. The van der Waals surface area contributed by atoms with Crippen LogP contribution in [0, 0.1) is 0 Å². The Labute approximate surface area is 111 Å². The summed E-state index contributed by atoms with van der Waals surface area (Å²) in [5, 5.41) is 1.26. The van der Waals surface area contributed by atoms with Crippen molar-refractivity contribution >= 4 is 17.1 Å². The number of hydrogen-bond donors (Lipinski definition) is 1. The van der Waals surface area contributed by atoms with Crippen molar-refractivity contribution in [3.05, 3.63) is 59.8 Å². The summed E-state index contributed by atoms with van der Waals surface area (Å²) in [5.74, 6) is 0. The molecule has 3 aromatic rings. The van der Waals surface area contributed by atoms with Crippen LogP contribution in [0.5, 0.6) is 0 Å². The van der Waals surface area contributed by atoms with Crippen LogP contribution in [0.15, 0.2) is 53.7 Å². The van der Waals surface area contributed by atoms with Crippen molar-refractivity contribution in [2.45, 2.75) is 6.42 Å². The largest absolute Gasteiger partial charge is 0.361 e. The molecule has 0 amide bonds. The van der Waals surface area contributed by atoms with E-state index in [1.54, 1.807) is 0 Å². The summed E-state index contributed by atoms with van der Waals surface area (Å²) in [6, 6.07) is 15.3. The van der Waals surface area contributed by atoms with Gasteiger partial charge in [0.15, 0.2) is 0 Å². The SMILES string of the molecule is C1=NCCc2cc(-c3ccc4[nH]ccc4c3)ccc21. The Morgan fingerprint density at radius 1 is 0.947 bits per heavy atom. The van der Waals surface area contributed by atoms with Gasteiger partial charge in [-0.15, -0.1) is 0 Å². The quantitative estimate of drug-likeness (QED) is 0.676. The molecule has 0 spiro atoms. The molecule has 0 aliphatic carbocycles. The summed E-state index contributed by atoms with van der Waals surface area (Å²) in [6.07, 6.45) is 5.02. The van der Waals surface area contributed by atoms with Gasteiger partial charge >= 0.3 is 0 Å². The second kappa shape index (κ2) is 4.09. The molecule has 0 saturated carbocycles. The van der Waals surface area contributed by atoms with Crippen molar-refractivity contribution in [3.63, 3.8) is 0 Å². The molecule has 0 unspecified atom stereocenters. The number of rotatable bonds is 1. The number of nitrogens with one attached hydrogen (secondary N) is 1. The highest BCUT2D eigenvalue weighted by Crippen LogP contribution is 2.26. The van der Waals surface area contributed by atoms with Crippen LogP contribution in [0.1, 0.15) is 11.1 Å². The minimum Gasteiger partial charge on any atom is -0.361 e. The first-order valence-electron chi connectivity index (χ1n) is 6.60. The van der Waals surface area contributed by atoms with Gasteiger partial charge in [-0.3, -0.25) is 4.99 Å². The normalized spacial score (nSPS) is 13.7. The minimum absolute atomic E-state index is 0.910. The van der Waals surface area contributed by atoms with E-state index < -0.39 is 0 Å². The number of fused-ring (bicyclic) bond motifs is 2. The van der Waals surface area contributed by atoms with Gasteiger partial charge in [0.05, 0.1) is 0 Å². The van der Waals surface area contributed by atoms with Crippen molar-refractivity contribution < 1.29 is 0 Å². The fraction of sp³-hybridized carbons (Fsp3) is 0.118. The van der Waals surface area contributed by atoms with E-state index in [2.05, 4.69) is 52.4 Å². The Kier molecular flexibility index (Phi) is 2.27. The molecule has 0 bridgehead atoms. The molecule has 92 valence electrons. The monoisotopic (exact) mass is 246 g/mol. The first-order valence-corrected chi connectivity index (χ1v) is 6.60. The molecular formula is C17H14N2. The van der Waals surface area contributed by atoms with E-state index >= 15 is 0 Å². The van der Waals surface area contributed by atoms with Crippen LogP contribution in [-0.4, -0.2) is 17.7 Å². The Bertz CT molecular complexity index is 781. The lowest BCUT2D eigenvalue weighted by Crippen LogP contribution is -2.02. The maximum Gasteiger partial charge on any atom is 0.0454 e. The smallest absolute Gasteiger partial charge is 0.0454 e. The molecule has 19 heavy (non-hydrogen) atoms. The fourth-order valence-electron chi connectivity index (χ4n) is 2.71. The van der Waals surface area contributed by atoms with Crippen molar-refractivity contribution in [3.8, 4) is 11.1 Å². The van der Waals surface area contributed by atoms with Gasteiger partial charge in [0.1, 0.15) is 0 Å². The summed E-state index contributed by atoms with van der Waals surface area (Å²) in [7, 11) is 0. The standard InChI is InChI=1S/C17H14N2/c1-2-16-11-18-7-5-14(16)9-12(1)13-3-4-17-15(10-13)6-8-19-17/h1-4,6,8-11,19H,5,7H2. The second-order valence-corrected chi connectivity index (χ2v) is 4.98. The zero-order chi connectivity index (χ0) is 12.7. The predicted octanol–water partition coefficient (Wildman–Crippen LogP) is 3.81. The first-order chi connectivity index (χ1) is 9.40. The number of aromatic nitrogens is 1. The van der Waals surface area contributed by atoms with Crippen molar-refractivity contribution in [1.29, 1.82) is 0 Å². The summed E-state index contributed by atoms with van der Waals surface area (Å²) in [5.41, 5.74) is 6.42. The predicted molar refractivity (Wildman–Crippen MR) is 79.9 cm³/mol. The molecule has 1 aromatic heterocycles. The zero-order valence-electron chi connectivity index (χ0n) is 10.6. The van der Waals surface area contributed by atoms with Gasteiger partial charge in [-0.25, -0.2) is 0 Å². The topological polar surface area (TPSA) is 28.1 Å². The molecule has 2 nitrogen and oxygen atoms in total. The summed E-state index contributed by atoms with van der Waals surface area (Å²) >= 11 is 0. The summed E-state index contributed by atoms with van der Waals surface area (Å²) in [6.45, 7) is 0.910. The van der Waals surface area contributed by atoms with Crippen LogP contribution >= 0.6 is 0 Å². The molecule has 2 heterocycles. The highest BCUT2D eigenvalue weighted by molar-refractivity contribution is 5.87. The molecule has 4 rings (SSSR count). The van der Waals surface area contributed by atoms with Gasteiger partial charge in [-0.05, 0) is 52.3 Å². The zero-order valence-corrected chi connectivity index (χ0v) is 10.6. The number of H-pyrrole nitrogens is 1. The van der Waals surface area contributed by atoms with E-state index in [-0.39, 0.29) is 0 Å². The molecule has 2 heteroatoms. The average Bonchev–Trinajstić information content (AvgIpc) is 2.94. The Balaban J connectivity index is 1.84. The minimum atomic E-state index is 0.910. The third-order valence-electron chi connectivity index (χ3n) is 3.77. The lowest BCUT2D eigenvalue weighted by Gasteiger charge is -2.12. The molecule has 2 aromatic carbocycles. The average molecular weight is 246 g/mol. The molecule has 0 fully saturated rings. The Morgan fingerprint density at radius 3 is 2.84 bits per heavy atom. The lowest BCUT2D eigenvalue weighted by molar-refractivity contribution is 0.953. The van der Waals surface area contributed by atoms with Crippen molar-refractivity contribution in [2.24, 2.45) is 4.99 Å².